The van der Waals surface area contributed by atoms with E-state index >= 15 is 0 Å². The molecule has 56 valence electrons. The van der Waals surface area contributed by atoms with Crippen molar-refractivity contribution >= 4 is 18.7 Å². The third-order valence-corrected chi connectivity index (χ3v) is 1.94. The second kappa shape index (κ2) is 2.11. The molecule has 0 aromatic heterocycles. The first-order valence-corrected chi connectivity index (χ1v) is 4.02. The number of rotatable bonds is 0. The quantitative estimate of drug-likeness (QED) is 0.542. The normalized spacial score (nSPS) is 27.1. The minimum absolute atomic E-state index is 0.302. The van der Waals surface area contributed by atoms with Gasteiger partial charge in [-0.1, -0.05) is 18.2 Å². The van der Waals surface area contributed by atoms with Crippen LogP contribution in [0, 0.1) is 0 Å². The first-order valence-electron chi connectivity index (χ1n) is 3.58. The number of para-hydroxylation sites is 1. The Hall–Kier alpha value is -0.760. The highest BCUT2D eigenvalue weighted by Crippen LogP contribution is 2.17. The van der Waals surface area contributed by atoms with Crippen molar-refractivity contribution in [2.45, 2.75) is 11.8 Å². The summed E-state index contributed by atoms with van der Waals surface area (Å²) in [5.74, 6) is 0. The van der Waals surface area contributed by atoms with Crippen LogP contribution in [-0.4, -0.2) is 4.87 Å². The predicted molar refractivity (Wildman–Crippen MR) is 49.1 cm³/mol. The molecule has 1 aliphatic heterocycles. The van der Waals surface area contributed by atoms with Gasteiger partial charge in [0.25, 0.3) is 0 Å². The van der Waals surface area contributed by atoms with Gasteiger partial charge in [-0.15, -0.1) is 12.6 Å². The molecule has 0 N–H and O–H groups in total. The maximum Gasteiger partial charge on any atom is 0.120 e. The van der Waals surface area contributed by atoms with Gasteiger partial charge >= 0.3 is 0 Å². The van der Waals surface area contributed by atoms with E-state index in [0.717, 1.165) is 5.36 Å². The fourth-order valence-electron chi connectivity index (χ4n) is 1.28. The van der Waals surface area contributed by atoms with Crippen LogP contribution in [0.4, 0.5) is 0 Å². The molecule has 0 saturated heterocycles. The summed E-state index contributed by atoms with van der Waals surface area (Å²) < 4.78 is 0. The smallest absolute Gasteiger partial charge is 0.120 e. The molecule has 0 saturated carbocycles. The summed E-state index contributed by atoms with van der Waals surface area (Å²) in [5, 5.41) is 2.23. The van der Waals surface area contributed by atoms with E-state index in [9.17, 15) is 0 Å². The Morgan fingerprint density at radius 3 is 2.82 bits per heavy atom. The van der Waals surface area contributed by atoms with Crippen LogP contribution in [0.2, 0.25) is 0 Å². The lowest BCUT2D eigenvalue weighted by Crippen LogP contribution is -2.19. The summed E-state index contributed by atoms with van der Waals surface area (Å²) in [6.07, 6.45) is 2.06. The molecule has 2 rings (SSSR count). The maximum absolute atomic E-state index is 4.39. The number of hydrogen-bond donors (Lipinski definition) is 1. The van der Waals surface area contributed by atoms with E-state index in [1.165, 1.54) is 5.22 Å². The number of thiol groups is 1. The first kappa shape index (κ1) is 6.92. The van der Waals surface area contributed by atoms with Crippen LogP contribution in [0.1, 0.15) is 6.92 Å². The Labute approximate surface area is 70.9 Å². The van der Waals surface area contributed by atoms with Gasteiger partial charge in [0.1, 0.15) is 4.87 Å². The van der Waals surface area contributed by atoms with Crippen molar-refractivity contribution in [3.05, 3.63) is 34.8 Å². The number of benzene rings is 1. The lowest BCUT2D eigenvalue weighted by atomic mass is 10.2. The molecular formula is C9H9NS. The molecule has 1 aliphatic rings. The summed E-state index contributed by atoms with van der Waals surface area (Å²) in [5.41, 5.74) is 0. The average Bonchev–Trinajstić information content (AvgIpc) is 2.21. The van der Waals surface area contributed by atoms with Gasteiger partial charge in [0.05, 0.1) is 5.36 Å². The van der Waals surface area contributed by atoms with Crippen LogP contribution in [-0.2, 0) is 0 Å². The summed E-state index contributed by atoms with van der Waals surface area (Å²) in [6, 6.07) is 8.07. The van der Waals surface area contributed by atoms with Crippen molar-refractivity contribution in [1.82, 2.24) is 0 Å². The molecule has 1 nitrogen and oxygen atoms in total. The molecule has 0 spiro atoms. The third kappa shape index (κ3) is 1.18. The van der Waals surface area contributed by atoms with E-state index in [1.54, 1.807) is 0 Å². The molecule has 2 heteroatoms. The zero-order valence-electron chi connectivity index (χ0n) is 6.28. The Kier molecular flexibility index (Phi) is 1.33. The molecule has 1 aromatic rings. The molecule has 0 fully saturated rings. The van der Waals surface area contributed by atoms with Crippen LogP contribution >= 0.6 is 12.6 Å². The average molecular weight is 163 g/mol. The number of nitrogens with zero attached hydrogens (tertiary/aromatic N) is 1. The van der Waals surface area contributed by atoms with Crippen molar-refractivity contribution in [3.63, 3.8) is 0 Å². The van der Waals surface area contributed by atoms with Gasteiger partial charge in [-0.25, -0.2) is 0 Å². The van der Waals surface area contributed by atoms with Gasteiger partial charge in [0.2, 0.25) is 0 Å². The Bertz CT molecular complexity index is 355. The monoisotopic (exact) mass is 163 g/mol. The van der Waals surface area contributed by atoms with Crippen LogP contribution in [0.25, 0.3) is 6.08 Å². The molecule has 1 atom stereocenters. The highest BCUT2D eigenvalue weighted by atomic mass is 32.1. The van der Waals surface area contributed by atoms with Crippen LogP contribution < -0.4 is 10.6 Å². The summed E-state index contributed by atoms with van der Waals surface area (Å²) >= 11 is 4.37. The first-order chi connectivity index (χ1) is 5.17. The van der Waals surface area contributed by atoms with Gasteiger partial charge in [-0.3, -0.25) is 4.99 Å². The molecule has 0 amide bonds. The van der Waals surface area contributed by atoms with E-state index in [0.29, 0.717) is 0 Å². The lowest BCUT2D eigenvalue weighted by molar-refractivity contribution is 0.890. The number of fused-ring (bicyclic) bond motifs is 1. The van der Waals surface area contributed by atoms with E-state index in [4.69, 9.17) is 0 Å². The summed E-state index contributed by atoms with van der Waals surface area (Å²) in [6.45, 7) is 1.98. The summed E-state index contributed by atoms with van der Waals surface area (Å²) in [4.78, 5) is 4.09. The molecular weight excluding hydrogens is 154 g/mol. The minimum Gasteiger partial charge on any atom is -0.264 e. The SMILES string of the molecule is CC1(S)C=c2ccccc2=N1. The molecule has 1 unspecified atom stereocenters. The summed E-state index contributed by atoms with van der Waals surface area (Å²) in [7, 11) is 0. The van der Waals surface area contributed by atoms with Crippen LogP contribution in [0.15, 0.2) is 29.3 Å². The fraction of sp³-hybridized carbons (Fsp3) is 0.222. The van der Waals surface area contributed by atoms with E-state index in [-0.39, 0.29) is 4.87 Å². The molecule has 1 heterocycles. The van der Waals surface area contributed by atoms with Gasteiger partial charge in [-0.05, 0) is 24.3 Å². The van der Waals surface area contributed by atoms with Crippen molar-refractivity contribution in [3.8, 4) is 0 Å². The highest BCUT2D eigenvalue weighted by Gasteiger charge is 2.16. The van der Waals surface area contributed by atoms with Crippen molar-refractivity contribution < 1.29 is 0 Å². The van der Waals surface area contributed by atoms with Gasteiger partial charge in [-0.2, -0.15) is 0 Å². The standard InChI is InChI=1S/C9H9NS/c1-9(11)6-7-4-2-3-5-8(7)10-9/h2-6,11H,1H3. The van der Waals surface area contributed by atoms with E-state index in [2.05, 4.69) is 29.8 Å². The lowest BCUT2D eigenvalue weighted by Gasteiger charge is -2.06. The van der Waals surface area contributed by atoms with Gasteiger partial charge in [0, 0.05) is 0 Å². The second-order valence-corrected chi connectivity index (χ2v) is 3.81. The molecule has 0 aliphatic carbocycles. The van der Waals surface area contributed by atoms with E-state index in [1.807, 2.05) is 25.1 Å². The largest absolute Gasteiger partial charge is 0.264 e. The Balaban J connectivity index is 2.81. The van der Waals surface area contributed by atoms with E-state index < -0.39 is 0 Å². The molecule has 1 aromatic carbocycles. The van der Waals surface area contributed by atoms with Crippen molar-refractivity contribution in [2.24, 2.45) is 4.99 Å². The molecule has 11 heavy (non-hydrogen) atoms. The van der Waals surface area contributed by atoms with Crippen molar-refractivity contribution in [1.29, 1.82) is 0 Å². The van der Waals surface area contributed by atoms with Crippen LogP contribution in [0.3, 0.4) is 0 Å². The highest BCUT2D eigenvalue weighted by molar-refractivity contribution is 7.82. The third-order valence-electron chi connectivity index (χ3n) is 1.71. The maximum atomic E-state index is 4.39. The Morgan fingerprint density at radius 2 is 2.09 bits per heavy atom. The minimum atomic E-state index is -0.302. The zero-order chi connectivity index (χ0) is 7.90. The van der Waals surface area contributed by atoms with Crippen LogP contribution in [0.5, 0.6) is 0 Å². The Morgan fingerprint density at radius 1 is 1.36 bits per heavy atom. The zero-order valence-corrected chi connectivity index (χ0v) is 7.18. The second-order valence-electron chi connectivity index (χ2n) is 2.91. The van der Waals surface area contributed by atoms with Crippen molar-refractivity contribution in [2.75, 3.05) is 0 Å². The fourth-order valence-corrected chi connectivity index (χ4v) is 1.53. The van der Waals surface area contributed by atoms with Gasteiger partial charge in [0.15, 0.2) is 0 Å². The molecule has 0 bridgehead atoms. The van der Waals surface area contributed by atoms with Gasteiger partial charge < -0.3 is 0 Å². The topological polar surface area (TPSA) is 12.4 Å². The molecule has 0 radical (unpaired) electrons. The predicted octanol–water partition coefficient (Wildman–Crippen LogP) is 0.746. The number of hydrogen-bond acceptors (Lipinski definition) is 2.